The van der Waals surface area contributed by atoms with Gasteiger partial charge in [0.1, 0.15) is 11.5 Å². The highest BCUT2D eigenvalue weighted by Gasteiger charge is 2.01. The van der Waals surface area contributed by atoms with Crippen molar-refractivity contribution in [1.82, 2.24) is 0 Å². The first-order chi connectivity index (χ1) is 9.67. The SMILES string of the molecule is COCc1cccc(Oc2ccc(CC(C)N)cc2)c1. The zero-order valence-electron chi connectivity index (χ0n) is 12.0. The number of nitrogens with two attached hydrogens (primary N) is 1. The fourth-order valence-corrected chi connectivity index (χ4v) is 2.07. The molecule has 2 aromatic rings. The van der Waals surface area contributed by atoms with Crippen LogP contribution < -0.4 is 10.5 Å². The van der Waals surface area contributed by atoms with E-state index >= 15 is 0 Å². The third-order valence-electron chi connectivity index (χ3n) is 2.93. The minimum Gasteiger partial charge on any atom is -0.457 e. The summed E-state index contributed by atoms with van der Waals surface area (Å²) in [6.45, 7) is 2.59. The molecule has 1 atom stereocenters. The summed E-state index contributed by atoms with van der Waals surface area (Å²) in [5, 5.41) is 0. The molecule has 2 rings (SSSR count). The molecule has 0 fully saturated rings. The van der Waals surface area contributed by atoms with Gasteiger partial charge in [0, 0.05) is 13.2 Å². The monoisotopic (exact) mass is 271 g/mol. The van der Waals surface area contributed by atoms with Crippen molar-refractivity contribution in [3.05, 3.63) is 59.7 Å². The zero-order valence-corrected chi connectivity index (χ0v) is 12.0. The molecule has 0 saturated carbocycles. The van der Waals surface area contributed by atoms with E-state index < -0.39 is 0 Å². The van der Waals surface area contributed by atoms with Gasteiger partial charge in [0.25, 0.3) is 0 Å². The minimum absolute atomic E-state index is 0.174. The van der Waals surface area contributed by atoms with Gasteiger partial charge < -0.3 is 15.2 Å². The van der Waals surface area contributed by atoms with E-state index in [0.29, 0.717) is 6.61 Å². The van der Waals surface area contributed by atoms with Crippen LogP contribution >= 0.6 is 0 Å². The van der Waals surface area contributed by atoms with E-state index in [9.17, 15) is 0 Å². The van der Waals surface area contributed by atoms with Gasteiger partial charge in [-0.05, 0) is 48.7 Å². The van der Waals surface area contributed by atoms with Crippen molar-refractivity contribution in [1.29, 1.82) is 0 Å². The molecule has 0 heterocycles. The fraction of sp³-hybridized carbons (Fsp3) is 0.294. The van der Waals surface area contributed by atoms with Gasteiger partial charge in [-0.2, -0.15) is 0 Å². The Morgan fingerprint density at radius 1 is 1.00 bits per heavy atom. The quantitative estimate of drug-likeness (QED) is 0.874. The molecule has 0 amide bonds. The van der Waals surface area contributed by atoms with Crippen molar-refractivity contribution >= 4 is 0 Å². The number of benzene rings is 2. The van der Waals surface area contributed by atoms with Crippen molar-refractivity contribution < 1.29 is 9.47 Å². The van der Waals surface area contributed by atoms with Crippen molar-refractivity contribution in [2.75, 3.05) is 7.11 Å². The molecule has 20 heavy (non-hydrogen) atoms. The van der Waals surface area contributed by atoms with Crippen molar-refractivity contribution in [3.8, 4) is 11.5 Å². The van der Waals surface area contributed by atoms with Gasteiger partial charge in [-0.1, -0.05) is 24.3 Å². The molecule has 3 nitrogen and oxygen atoms in total. The van der Waals surface area contributed by atoms with Crippen molar-refractivity contribution in [2.45, 2.75) is 26.0 Å². The Kier molecular flexibility index (Phi) is 5.16. The van der Waals surface area contributed by atoms with Crippen LogP contribution in [0.4, 0.5) is 0 Å². The van der Waals surface area contributed by atoms with Crippen LogP contribution in [0.1, 0.15) is 18.1 Å². The second kappa shape index (κ2) is 7.08. The minimum atomic E-state index is 0.174. The molecule has 0 bridgehead atoms. The van der Waals surface area contributed by atoms with Crippen molar-refractivity contribution in [2.24, 2.45) is 5.73 Å². The molecule has 0 aliphatic rings. The lowest BCUT2D eigenvalue weighted by Gasteiger charge is -2.09. The first-order valence-electron chi connectivity index (χ1n) is 6.77. The molecule has 0 aliphatic heterocycles. The maximum Gasteiger partial charge on any atom is 0.127 e. The van der Waals surface area contributed by atoms with Gasteiger partial charge in [-0.15, -0.1) is 0 Å². The number of rotatable bonds is 6. The third-order valence-corrected chi connectivity index (χ3v) is 2.93. The second-order valence-corrected chi connectivity index (χ2v) is 5.01. The van der Waals surface area contributed by atoms with E-state index in [-0.39, 0.29) is 6.04 Å². The fourth-order valence-electron chi connectivity index (χ4n) is 2.07. The summed E-state index contributed by atoms with van der Waals surface area (Å²) in [6, 6.07) is 16.1. The number of hydrogen-bond donors (Lipinski definition) is 1. The summed E-state index contributed by atoms with van der Waals surface area (Å²) < 4.78 is 11.0. The van der Waals surface area contributed by atoms with Crippen LogP contribution in [-0.4, -0.2) is 13.2 Å². The van der Waals surface area contributed by atoms with E-state index in [1.807, 2.05) is 43.3 Å². The smallest absolute Gasteiger partial charge is 0.127 e. The van der Waals surface area contributed by atoms with Crippen LogP contribution in [0.2, 0.25) is 0 Å². The van der Waals surface area contributed by atoms with Gasteiger partial charge >= 0.3 is 0 Å². The number of methoxy groups -OCH3 is 1. The van der Waals surface area contributed by atoms with Crippen LogP contribution in [0.3, 0.4) is 0 Å². The molecule has 0 aliphatic carbocycles. The normalized spacial score (nSPS) is 12.2. The Bertz CT molecular complexity index is 535. The first-order valence-corrected chi connectivity index (χ1v) is 6.77. The Morgan fingerprint density at radius 2 is 1.75 bits per heavy atom. The number of hydrogen-bond acceptors (Lipinski definition) is 3. The molecule has 0 spiro atoms. The van der Waals surface area contributed by atoms with Crippen LogP contribution in [0.15, 0.2) is 48.5 Å². The second-order valence-electron chi connectivity index (χ2n) is 5.01. The molecule has 0 saturated heterocycles. The van der Waals surface area contributed by atoms with E-state index in [2.05, 4.69) is 12.1 Å². The van der Waals surface area contributed by atoms with E-state index in [1.54, 1.807) is 7.11 Å². The lowest BCUT2D eigenvalue weighted by Crippen LogP contribution is -2.17. The molecule has 2 aromatic carbocycles. The van der Waals surface area contributed by atoms with Gasteiger partial charge in [-0.25, -0.2) is 0 Å². The highest BCUT2D eigenvalue weighted by atomic mass is 16.5. The predicted octanol–water partition coefficient (Wildman–Crippen LogP) is 3.52. The predicted molar refractivity (Wildman–Crippen MR) is 81.0 cm³/mol. The van der Waals surface area contributed by atoms with Crippen LogP contribution in [0, 0.1) is 0 Å². The summed E-state index contributed by atoms with van der Waals surface area (Å²) in [7, 11) is 1.69. The molecular formula is C17H21NO2. The zero-order chi connectivity index (χ0) is 14.4. The molecule has 3 heteroatoms. The molecule has 2 N–H and O–H groups in total. The summed E-state index contributed by atoms with van der Waals surface area (Å²) in [6.07, 6.45) is 0.879. The van der Waals surface area contributed by atoms with Gasteiger partial charge in [-0.3, -0.25) is 0 Å². The Hall–Kier alpha value is -1.84. The van der Waals surface area contributed by atoms with E-state index in [1.165, 1.54) is 5.56 Å². The first kappa shape index (κ1) is 14.6. The average molecular weight is 271 g/mol. The van der Waals surface area contributed by atoms with E-state index in [4.69, 9.17) is 15.2 Å². The summed E-state index contributed by atoms with van der Waals surface area (Å²) in [4.78, 5) is 0. The Balaban J connectivity index is 2.04. The average Bonchev–Trinajstić information content (AvgIpc) is 2.41. The molecule has 1 unspecified atom stereocenters. The topological polar surface area (TPSA) is 44.5 Å². The molecule has 0 radical (unpaired) electrons. The lowest BCUT2D eigenvalue weighted by atomic mass is 10.1. The lowest BCUT2D eigenvalue weighted by molar-refractivity contribution is 0.184. The standard InChI is InChI=1S/C17H21NO2/c1-13(18)10-14-6-8-16(9-7-14)20-17-5-3-4-15(11-17)12-19-2/h3-9,11,13H,10,12,18H2,1-2H3. The molecule has 106 valence electrons. The Labute approximate surface area is 120 Å². The Morgan fingerprint density at radius 3 is 2.40 bits per heavy atom. The van der Waals surface area contributed by atoms with Crippen LogP contribution in [-0.2, 0) is 17.8 Å². The summed E-state index contributed by atoms with van der Waals surface area (Å²) in [5.74, 6) is 1.65. The highest BCUT2D eigenvalue weighted by molar-refractivity contribution is 5.35. The van der Waals surface area contributed by atoms with E-state index in [0.717, 1.165) is 23.5 Å². The van der Waals surface area contributed by atoms with Gasteiger partial charge in [0.05, 0.1) is 6.61 Å². The van der Waals surface area contributed by atoms with Gasteiger partial charge in [0.2, 0.25) is 0 Å². The summed E-state index contributed by atoms with van der Waals surface area (Å²) in [5.41, 5.74) is 8.11. The van der Waals surface area contributed by atoms with Crippen LogP contribution in [0.5, 0.6) is 11.5 Å². The molecule has 0 aromatic heterocycles. The largest absolute Gasteiger partial charge is 0.457 e. The van der Waals surface area contributed by atoms with Crippen molar-refractivity contribution in [3.63, 3.8) is 0 Å². The highest BCUT2D eigenvalue weighted by Crippen LogP contribution is 2.23. The third kappa shape index (κ3) is 4.37. The maximum absolute atomic E-state index is 5.84. The number of ether oxygens (including phenoxy) is 2. The van der Waals surface area contributed by atoms with Crippen LogP contribution in [0.25, 0.3) is 0 Å². The van der Waals surface area contributed by atoms with Gasteiger partial charge in [0.15, 0.2) is 0 Å². The maximum atomic E-state index is 5.84. The summed E-state index contributed by atoms with van der Waals surface area (Å²) >= 11 is 0. The molecular weight excluding hydrogens is 250 g/mol.